The van der Waals surface area contributed by atoms with Gasteiger partial charge >= 0.3 is 0 Å². The molecule has 0 spiro atoms. The van der Waals surface area contributed by atoms with Gasteiger partial charge in [-0.1, -0.05) is 20.8 Å². The van der Waals surface area contributed by atoms with Crippen molar-refractivity contribution in [1.82, 2.24) is 10.2 Å². The highest BCUT2D eigenvalue weighted by Crippen LogP contribution is 2.38. The van der Waals surface area contributed by atoms with Gasteiger partial charge in [0, 0.05) is 18.1 Å². The van der Waals surface area contributed by atoms with Crippen LogP contribution in [0.4, 0.5) is 0 Å². The highest BCUT2D eigenvalue weighted by atomic mass is 15.2. The van der Waals surface area contributed by atoms with Crippen LogP contribution in [0.1, 0.15) is 46.5 Å². The molecule has 1 N–H and O–H groups in total. The average molecular weight is 210 g/mol. The Morgan fingerprint density at radius 1 is 1.20 bits per heavy atom. The maximum absolute atomic E-state index is 3.59. The maximum atomic E-state index is 3.59. The Morgan fingerprint density at radius 2 is 1.93 bits per heavy atom. The largest absolute Gasteiger partial charge is 0.314 e. The molecule has 0 aromatic heterocycles. The van der Waals surface area contributed by atoms with Gasteiger partial charge in [-0.25, -0.2) is 0 Å². The summed E-state index contributed by atoms with van der Waals surface area (Å²) >= 11 is 0. The molecular formula is C13H26N2. The predicted octanol–water partition coefficient (Wildman–Crippen LogP) is 2.25. The van der Waals surface area contributed by atoms with Crippen LogP contribution in [0.3, 0.4) is 0 Å². The maximum Gasteiger partial charge on any atom is 0.0139 e. The summed E-state index contributed by atoms with van der Waals surface area (Å²) in [5.74, 6) is 0.924. The van der Waals surface area contributed by atoms with Crippen molar-refractivity contribution in [3.05, 3.63) is 0 Å². The Balaban J connectivity index is 1.76. The zero-order valence-electron chi connectivity index (χ0n) is 10.5. The number of hydrogen-bond donors (Lipinski definition) is 1. The monoisotopic (exact) mass is 210 g/mol. The predicted molar refractivity (Wildman–Crippen MR) is 65.1 cm³/mol. The molecule has 0 radical (unpaired) electrons. The van der Waals surface area contributed by atoms with Crippen LogP contribution in [-0.2, 0) is 0 Å². The molecule has 15 heavy (non-hydrogen) atoms. The molecule has 2 nitrogen and oxygen atoms in total. The van der Waals surface area contributed by atoms with Gasteiger partial charge in [-0.05, 0) is 44.7 Å². The zero-order valence-corrected chi connectivity index (χ0v) is 10.5. The van der Waals surface area contributed by atoms with Crippen molar-refractivity contribution in [3.8, 4) is 0 Å². The third kappa shape index (κ3) is 2.73. The van der Waals surface area contributed by atoms with E-state index >= 15 is 0 Å². The number of rotatable bonds is 6. The molecule has 0 aromatic carbocycles. The number of nitrogens with one attached hydrogen (secondary N) is 1. The van der Waals surface area contributed by atoms with Crippen molar-refractivity contribution < 1.29 is 0 Å². The van der Waals surface area contributed by atoms with E-state index in [2.05, 4.69) is 31.0 Å². The summed E-state index contributed by atoms with van der Waals surface area (Å²) in [5, 5.41) is 3.59. The first-order chi connectivity index (χ1) is 7.22. The molecule has 2 unspecified atom stereocenters. The van der Waals surface area contributed by atoms with Gasteiger partial charge in [-0.2, -0.15) is 0 Å². The summed E-state index contributed by atoms with van der Waals surface area (Å²) in [6.07, 6.45) is 5.78. The lowest BCUT2D eigenvalue weighted by molar-refractivity contribution is 0.0584. The van der Waals surface area contributed by atoms with Gasteiger partial charge < -0.3 is 5.32 Å². The highest BCUT2D eigenvalue weighted by Gasteiger charge is 2.40. The molecule has 2 atom stereocenters. The first-order valence-corrected chi connectivity index (χ1v) is 6.71. The third-order valence-corrected chi connectivity index (χ3v) is 3.97. The molecule has 0 bridgehead atoms. The third-order valence-electron chi connectivity index (χ3n) is 3.97. The van der Waals surface area contributed by atoms with Crippen LogP contribution in [0.15, 0.2) is 0 Å². The Hall–Kier alpha value is -0.0800. The Labute approximate surface area is 94.4 Å². The van der Waals surface area contributed by atoms with Crippen molar-refractivity contribution >= 4 is 0 Å². The fourth-order valence-electron chi connectivity index (χ4n) is 2.78. The van der Waals surface area contributed by atoms with E-state index in [0.29, 0.717) is 6.04 Å². The summed E-state index contributed by atoms with van der Waals surface area (Å²) in [4.78, 5) is 2.76. The second-order valence-corrected chi connectivity index (χ2v) is 5.53. The molecule has 0 heterocycles. The molecule has 0 aliphatic heterocycles. The van der Waals surface area contributed by atoms with Gasteiger partial charge in [0.25, 0.3) is 0 Å². The minimum atomic E-state index is 0.641. The van der Waals surface area contributed by atoms with Crippen molar-refractivity contribution in [2.24, 2.45) is 5.92 Å². The van der Waals surface area contributed by atoms with E-state index in [4.69, 9.17) is 0 Å². The van der Waals surface area contributed by atoms with Gasteiger partial charge in [-0.15, -0.1) is 0 Å². The summed E-state index contributed by atoms with van der Waals surface area (Å²) in [6, 6.07) is 2.48. The van der Waals surface area contributed by atoms with Crippen LogP contribution >= 0.6 is 0 Å². The molecule has 2 aliphatic carbocycles. The van der Waals surface area contributed by atoms with Crippen molar-refractivity contribution in [2.45, 2.75) is 64.6 Å². The quantitative estimate of drug-likeness (QED) is 0.723. The van der Waals surface area contributed by atoms with E-state index in [1.165, 1.54) is 38.8 Å². The van der Waals surface area contributed by atoms with Crippen molar-refractivity contribution in [3.63, 3.8) is 0 Å². The molecule has 2 heteroatoms. The van der Waals surface area contributed by atoms with Gasteiger partial charge in [0.05, 0.1) is 0 Å². The van der Waals surface area contributed by atoms with Crippen LogP contribution in [0, 0.1) is 5.92 Å². The average Bonchev–Trinajstić information content (AvgIpc) is 2.94. The summed E-state index contributed by atoms with van der Waals surface area (Å²) in [5.41, 5.74) is 0. The lowest BCUT2D eigenvalue weighted by Crippen LogP contribution is -2.51. The Morgan fingerprint density at radius 3 is 2.33 bits per heavy atom. The minimum absolute atomic E-state index is 0.641. The Bertz CT molecular complexity index is 199. The van der Waals surface area contributed by atoms with Gasteiger partial charge in [0.1, 0.15) is 0 Å². The van der Waals surface area contributed by atoms with Gasteiger partial charge in [-0.3, -0.25) is 4.90 Å². The fraction of sp³-hybridized carbons (Fsp3) is 1.00. The fourth-order valence-corrected chi connectivity index (χ4v) is 2.78. The van der Waals surface area contributed by atoms with E-state index in [0.717, 1.165) is 18.0 Å². The van der Waals surface area contributed by atoms with E-state index in [1.54, 1.807) is 0 Å². The van der Waals surface area contributed by atoms with E-state index in [-0.39, 0.29) is 0 Å². The summed E-state index contributed by atoms with van der Waals surface area (Å²) < 4.78 is 0. The Kier molecular flexibility index (Phi) is 3.68. The van der Waals surface area contributed by atoms with Crippen molar-refractivity contribution in [1.29, 1.82) is 0 Å². The van der Waals surface area contributed by atoms with Crippen LogP contribution in [0.25, 0.3) is 0 Å². The summed E-state index contributed by atoms with van der Waals surface area (Å²) in [6.45, 7) is 9.29. The number of nitrogens with zero attached hydrogens (tertiary/aromatic N) is 1. The molecule has 2 aliphatic rings. The molecule has 2 fully saturated rings. The molecule has 0 amide bonds. The first kappa shape index (κ1) is 11.4. The normalized spacial score (nSPS) is 31.0. The van der Waals surface area contributed by atoms with E-state index < -0.39 is 0 Å². The standard InChI is InChI=1S/C13H26N2/c1-4-15(12-6-7-12)13-8-5-11(13)9-14-10(2)3/h10-14H,4-9H2,1-3H3. The number of hydrogen-bond acceptors (Lipinski definition) is 2. The lowest BCUT2D eigenvalue weighted by Gasteiger charge is -2.45. The second-order valence-electron chi connectivity index (χ2n) is 5.53. The van der Waals surface area contributed by atoms with Crippen LogP contribution in [-0.4, -0.2) is 36.1 Å². The lowest BCUT2D eigenvalue weighted by atomic mass is 9.78. The first-order valence-electron chi connectivity index (χ1n) is 6.71. The molecule has 2 rings (SSSR count). The molecule has 0 aromatic rings. The van der Waals surface area contributed by atoms with Crippen LogP contribution in [0.5, 0.6) is 0 Å². The van der Waals surface area contributed by atoms with E-state index in [1.807, 2.05) is 0 Å². The van der Waals surface area contributed by atoms with Crippen molar-refractivity contribution in [2.75, 3.05) is 13.1 Å². The molecule has 0 saturated heterocycles. The topological polar surface area (TPSA) is 15.3 Å². The summed E-state index contributed by atoms with van der Waals surface area (Å²) in [7, 11) is 0. The van der Waals surface area contributed by atoms with Crippen LogP contribution < -0.4 is 5.32 Å². The highest BCUT2D eigenvalue weighted by molar-refractivity contribution is 4.96. The SMILES string of the molecule is CCN(C1CC1)C1CCC1CNC(C)C. The molecule has 2 saturated carbocycles. The zero-order chi connectivity index (χ0) is 10.8. The second kappa shape index (κ2) is 4.84. The van der Waals surface area contributed by atoms with Gasteiger partial charge in [0.2, 0.25) is 0 Å². The minimum Gasteiger partial charge on any atom is -0.314 e. The van der Waals surface area contributed by atoms with Gasteiger partial charge in [0.15, 0.2) is 0 Å². The van der Waals surface area contributed by atoms with E-state index in [9.17, 15) is 0 Å². The molecule has 88 valence electrons. The smallest absolute Gasteiger partial charge is 0.0139 e. The molecular weight excluding hydrogens is 184 g/mol. The van der Waals surface area contributed by atoms with Crippen LogP contribution in [0.2, 0.25) is 0 Å².